The number of rotatable bonds is 6. The summed E-state index contributed by atoms with van der Waals surface area (Å²) in [4.78, 5) is 0. The van der Waals surface area contributed by atoms with E-state index in [1.807, 2.05) is 48.5 Å². The van der Waals surface area contributed by atoms with E-state index < -0.39 is 0 Å². The van der Waals surface area contributed by atoms with E-state index in [2.05, 4.69) is 15.9 Å². The Morgan fingerprint density at radius 3 is 2.53 bits per heavy atom. The average molecular weight is 322 g/mol. The molecule has 3 nitrogen and oxygen atoms in total. The van der Waals surface area contributed by atoms with Crippen molar-refractivity contribution < 1.29 is 9.47 Å². The summed E-state index contributed by atoms with van der Waals surface area (Å²) in [6, 6.07) is 15.5. The third-order valence-electron chi connectivity index (χ3n) is 2.49. The average Bonchev–Trinajstić information content (AvgIpc) is 2.38. The summed E-state index contributed by atoms with van der Waals surface area (Å²) in [5, 5.41) is 0. The number of nitrogen functional groups attached to an aromatic ring is 1. The van der Waals surface area contributed by atoms with Crippen molar-refractivity contribution in [2.75, 3.05) is 18.9 Å². The van der Waals surface area contributed by atoms with Crippen molar-refractivity contribution in [2.45, 2.75) is 6.61 Å². The van der Waals surface area contributed by atoms with E-state index in [9.17, 15) is 0 Å². The maximum absolute atomic E-state index is 5.76. The number of nitrogens with two attached hydrogens (primary N) is 1. The largest absolute Gasteiger partial charge is 0.491 e. The number of halogens is 1. The zero-order chi connectivity index (χ0) is 13.5. The molecule has 2 aromatic carbocycles. The molecule has 0 aromatic heterocycles. The fraction of sp³-hybridized carbons (Fsp3) is 0.200. The summed E-state index contributed by atoms with van der Waals surface area (Å²) in [6.45, 7) is 1.61. The molecular formula is C15H16BrNO2. The van der Waals surface area contributed by atoms with Crippen molar-refractivity contribution in [3.05, 3.63) is 58.6 Å². The molecule has 0 spiro atoms. The summed E-state index contributed by atoms with van der Waals surface area (Å²) < 4.78 is 12.0. The first-order chi connectivity index (χ1) is 9.24. The van der Waals surface area contributed by atoms with Crippen molar-refractivity contribution in [3.8, 4) is 5.75 Å². The highest BCUT2D eigenvalue weighted by molar-refractivity contribution is 9.10. The predicted molar refractivity (Wildman–Crippen MR) is 80.1 cm³/mol. The maximum atomic E-state index is 5.76. The van der Waals surface area contributed by atoms with Gasteiger partial charge in [0, 0.05) is 10.2 Å². The molecule has 0 radical (unpaired) electrons. The van der Waals surface area contributed by atoms with E-state index in [1.165, 1.54) is 0 Å². The van der Waals surface area contributed by atoms with E-state index in [0.29, 0.717) is 19.8 Å². The third-order valence-corrected chi connectivity index (χ3v) is 2.95. The molecule has 0 bridgehead atoms. The predicted octanol–water partition coefficient (Wildman–Crippen LogP) is 3.63. The molecule has 0 saturated carbocycles. The molecule has 4 heteroatoms. The van der Waals surface area contributed by atoms with Crippen LogP contribution in [-0.2, 0) is 11.3 Å². The minimum Gasteiger partial charge on any atom is -0.491 e. The normalized spacial score (nSPS) is 10.4. The lowest BCUT2D eigenvalue weighted by atomic mass is 10.2. The van der Waals surface area contributed by atoms with Crippen LogP contribution in [0.3, 0.4) is 0 Å². The lowest BCUT2D eigenvalue weighted by Crippen LogP contribution is -2.06. The van der Waals surface area contributed by atoms with Crippen LogP contribution in [-0.4, -0.2) is 13.2 Å². The van der Waals surface area contributed by atoms with E-state index in [-0.39, 0.29) is 0 Å². The second kappa shape index (κ2) is 7.16. The standard InChI is InChI=1S/C15H16BrNO2/c16-13-8-12(9-14(17)10-13)11-18-6-7-19-15-4-2-1-3-5-15/h1-5,8-10H,6-7,11,17H2. The molecule has 100 valence electrons. The Balaban J connectivity index is 1.69. The second-order valence-corrected chi connectivity index (χ2v) is 5.02. The van der Waals surface area contributed by atoms with Gasteiger partial charge in [-0.05, 0) is 35.9 Å². The molecule has 0 unspecified atom stereocenters. The van der Waals surface area contributed by atoms with Gasteiger partial charge in [-0.15, -0.1) is 0 Å². The zero-order valence-corrected chi connectivity index (χ0v) is 12.1. The van der Waals surface area contributed by atoms with Gasteiger partial charge in [0.05, 0.1) is 13.2 Å². The summed E-state index contributed by atoms with van der Waals surface area (Å²) >= 11 is 3.41. The Labute approximate surface area is 121 Å². The van der Waals surface area contributed by atoms with Gasteiger partial charge in [0.25, 0.3) is 0 Å². The number of para-hydroxylation sites is 1. The molecule has 2 N–H and O–H groups in total. The number of ether oxygens (including phenoxy) is 2. The molecule has 19 heavy (non-hydrogen) atoms. The van der Waals surface area contributed by atoms with Crippen molar-refractivity contribution in [1.82, 2.24) is 0 Å². The van der Waals surface area contributed by atoms with E-state index >= 15 is 0 Å². The molecule has 0 amide bonds. The molecule has 2 aromatic rings. The van der Waals surface area contributed by atoms with E-state index in [1.54, 1.807) is 0 Å². The molecule has 2 rings (SSSR count). The van der Waals surface area contributed by atoms with Gasteiger partial charge in [-0.1, -0.05) is 34.1 Å². The van der Waals surface area contributed by atoms with Crippen molar-refractivity contribution >= 4 is 21.6 Å². The lowest BCUT2D eigenvalue weighted by molar-refractivity contribution is 0.0889. The quantitative estimate of drug-likeness (QED) is 0.652. The highest BCUT2D eigenvalue weighted by atomic mass is 79.9. The molecule has 0 heterocycles. The van der Waals surface area contributed by atoms with E-state index in [0.717, 1.165) is 21.5 Å². The van der Waals surface area contributed by atoms with Crippen LogP contribution >= 0.6 is 15.9 Å². The van der Waals surface area contributed by atoms with Crippen molar-refractivity contribution in [1.29, 1.82) is 0 Å². The molecule has 0 saturated heterocycles. The Kier molecular flexibility index (Phi) is 5.24. The summed E-state index contributed by atoms with van der Waals surface area (Å²) in [6.07, 6.45) is 0. The summed E-state index contributed by atoms with van der Waals surface area (Å²) in [5.74, 6) is 0.859. The summed E-state index contributed by atoms with van der Waals surface area (Å²) in [7, 11) is 0. The Hall–Kier alpha value is -1.52. The zero-order valence-electron chi connectivity index (χ0n) is 10.5. The van der Waals surface area contributed by atoms with Crippen LogP contribution < -0.4 is 10.5 Å². The van der Waals surface area contributed by atoms with Gasteiger partial charge in [0.2, 0.25) is 0 Å². The molecule has 0 aliphatic rings. The van der Waals surface area contributed by atoms with Crippen LogP contribution in [0, 0.1) is 0 Å². The van der Waals surface area contributed by atoms with Crippen molar-refractivity contribution in [3.63, 3.8) is 0 Å². The fourth-order valence-corrected chi connectivity index (χ4v) is 2.24. The van der Waals surface area contributed by atoms with Gasteiger partial charge in [0.15, 0.2) is 0 Å². The van der Waals surface area contributed by atoms with Crippen LogP contribution in [0.1, 0.15) is 5.56 Å². The van der Waals surface area contributed by atoms with Crippen LogP contribution in [0.25, 0.3) is 0 Å². The maximum Gasteiger partial charge on any atom is 0.119 e. The fourth-order valence-electron chi connectivity index (χ4n) is 1.68. The highest BCUT2D eigenvalue weighted by Gasteiger charge is 1.98. The minimum atomic E-state index is 0.530. The first-order valence-corrected chi connectivity index (χ1v) is 6.84. The first-order valence-electron chi connectivity index (χ1n) is 6.04. The van der Waals surface area contributed by atoms with Crippen LogP contribution in [0.4, 0.5) is 5.69 Å². The Bertz CT molecular complexity index is 497. The molecule has 0 atom stereocenters. The molecular weight excluding hydrogens is 306 g/mol. The molecule has 0 fully saturated rings. The topological polar surface area (TPSA) is 44.5 Å². The molecule has 0 aliphatic carbocycles. The highest BCUT2D eigenvalue weighted by Crippen LogP contribution is 2.17. The second-order valence-electron chi connectivity index (χ2n) is 4.11. The monoisotopic (exact) mass is 321 g/mol. The van der Waals surface area contributed by atoms with Gasteiger partial charge >= 0.3 is 0 Å². The number of hydrogen-bond acceptors (Lipinski definition) is 3. The Morgan fingerprint density at radius 1 is 1.00 bits per heavy atom. The van der Waals surface area contributed by atoms with Crippen LogP contribution in [0.2, 0.25) is 0 Å². The number of hydrogen-bond donors (Lipinski definition) is 1. The van der Waals surface area contributed by atoms with Gasteiger partial charge in [-0.2, -0.15) is 0 Å². The number of benzene rings is 2. The van der Waals surface area contributed by atoms with Gasteiger partial charge in [-0.25, -0.2) is 0 Å². The lowest BCUT2D eigenvalue weighted by Gasteiger charge is -2.08. The van der Waals surface area contributed by atoms with Gasteiger partial charge < -0.3 is 15.2 Å². The van der Waals surface area contributed by atoms with E-state index in [4.69, 9.17) is 15.2 Å². The van der Waals surface area contributed by atoms with Gasteiger partial charge in [0.1, 0.15) is 12.4 Å². The summed E-state index contributed by atoms with van der Waals surface area (Å²) in [5.41, 5.74) is 7.53. The Morgan fingerprint density at radius 2 is 1.79 bits per heavy atom. The smallest absolute Gasteiger partial charge is 0.119 e. The molecule has 0 aliphatic heterocycles. The van der Waals surface area contributed by atoms with Gasteiger partial charge in [-0.3, -0.25) is 0 Å². The van der Waals surface area contributed by atoms with Crippen LogP contribution in [0.5, 0.6) is 5.75 Å². The third kappa shape index (κ3) is 4.93. The SMILES string of the molecule is Nc1cc(Br)cc(COCCOc2ccccc2)c1. The van der Waals surface area contributed by atoms with Crippen LogP contribution in [0.15, 0.2) is 53.0 Å². The number of anilines is 1. The van der Waals surface area contributed by atoms with Crippen molar-refractivity contribution in [2.24, 2.45) is 0 Å². The first kappa shape index (κ1) is 13.9. The minimum absolute atomic E-state index is 0.530.